The molecule has 19 heavy (non-hydrogen) atoms. The lowest BCUT2D eigenvalue weighted by Crippen LogP contribution is -2.53. The van der Waals surface area contributed by atoms with Crippen molar-refractivity contribution in [2.24, 2.45) is 11.3 Å². The Balaban J connectivity index is 1.93. The lowest BCUT2D eigenvalue weighted by Gasteiger charge is -2.41. The molecule has 2 aliphatic rings. The Hall–Kier alpha value is -0.570. The number of amides is 1. The van der Waals surface area contributed by atoms with Crippen LogP contribution in [0.15, 0.2) is 0 Å². The standard InChI is InChI=1S/C16H30N2O/c1-16(2,3)12-8-4-5-9-13(12)18-15(19)14-10-6-7-11-17-14/h12-14,17H,4-11H2,1-3H3,(H,18,19)/t12?,13?,14-/m0/s1. The van der Waals surface area contributed by atoms with Gasteiger partial charge in [0.15, 0.2) is 0 Å². The van der Waals surface area contributed by atoms with Gasteiger partial charge in [0.05, 0.1) is 6.04 Å². The number of carbonyl (C=O) groups excluding carboxylic acids is 1. The Bertz CT molecular complexity index is 302. The van der Waals surface area contributed by atoms with Crippen molar-refractivity contribution in [3.8, 4) is 0 Å². The van der Waals surface area contributed by atoms with Crippen molar-refractivity contribution < 1.29 is 4.79 Å². The van der Waals surface area contributed by atoms with E-state index in [1.165, 1.54) is 32.1 Å². The SMILES string of the molecule is CC(C)(C)C1CCCCC1NC(=O)[C@@H]1CCCCN1. The summed E-state index contributed by atoms with van der Waals surface area (Å²) in [5, 5.41) is 6.69. The van der Waals surface area contributed by atoms with E-state index < -0.39 is 0 Å². The Morgan fingerprint density at radius 1 is 1.05 bits per heavy atom. The maximum absolute atomic E-state index is 12.4. The van der Waals surface area contributed by atoms with E-state index >= 15 is 0 Å². The molecule has 3 heteroatoms. The highest BCUT2D eigenvalue weighted by atomic mass is 16.2. The molecular formula is C16H30N2O. The van der Waals surface area contributed by atoms with Crippen molar-refractivity contribution >= 4 is 5.91 Å². The maximum Gasteiger partial charge on any atom is 0.237 e. The summed E-state index contributed by atoms with van der Waals surface area (Å²) in [4.78, 5) is 12.4. The predicted octanol–water partition coefficient (Wildman–Crippen LogP) is 2.85. The van der Waals surface area contributed by atoms with Crippen molar-refractivity contribution in [2.75, 3.05) is 6.54 Å². The maximum atomic E-state index is 12.4. The third-order valence-corrected chi connectivity index (χ3v) is 4.83. The normalized spacial score (nSPS) is 32.9. The molecular weight excluding hydrogens is 236 g/mol. The first-order chi connectivity index (χ1) is 8.98. The van der Waals surface area contributed by atoms with Crippen molar-refractivity contribution in [3.05, 3.63) is 0 Å². The van der Waals surface area contributed by atoms with Gasteiger partial charge in [0.2, 0.25) is 5.91 Å². The Labute approximate surface area is 117 Å². The van der Waals surface area contributed by atoms with Crippen LogP contribution in [0.2, 0.25) is 0 Å². The van der Waals surface area contributed by atoms with E-state index in [-0.39, 0.29) is 11.9 Å². The minimum atomic E-state index is 0.0521. The summed E-state index contributed by atoms with van der Waals surface area (Å²) >= 11 is 0. The van der Waals surface area contributed by atoms with Crippen LogP contribution in [0, 0.1) is 11.3 Å². The van der Waals surface area contributed by atoms with E-state index in [0.29, 0.717) is 17.4 Å². The molecule has 0 spiro atoms. The van der Waals surface area contributed by atoms with Crippen molar-refractivity contribution in [2.45, 2.75) is 77.8 Å². The second kappa shape index (κ2) is 6.25. The van der Waals surface area contributed by atoms with Gasteiger partial charge < -0.3 is 10.6 Å². The summed E-state index contributed by atoms with van der Waals surface area (Å²) < 4.78 is 0. The summed E-state index contributed by atoms with van der Waals surface area (Å²) in [7, 11) is 0. The van der Waals surface area contributed by atoms with Crippen molar-refractivity contribution in [1.29, 1.82) is 0 Å². The number of nitrogens with one attached hydrogen (secondary N) is 2. The monoisotopic (exact) mass is 266 g/mol. The van der Waals surface area contributed by atoms with Gasteiger partial charge >= 0.3 is 0 Å². The van der Waals surface area contributed by atoms with Crippen LogP contribution in [0.1, 0.15) is 65.7 Å². The van der Waals surface area contributed by atoms with E-state index in [4.69, 9.17) is 0 Å². The first-order valence-corrected chi connectivity index (χ1v) is 8.02. The molecule has 3 atom stereocenters. The first kappa shape index (κ1) is 14.8. The molecule has 0 aromatic carbocycles. The molecule has 1 heterocycles. The second-order valence-corrected chi connectivity index (χ2v) is 7.37. The van der Waals surface area contributed by atoms with Crippen LogP contribution in [0.25, 0.3) is 0 Å². The highest BCUT2D eigenvalue weighted by Gasteiger charge is 2.35. The van der Waals surface area contributed by atoms with Gasteiger partial charge in [-0.25, -0.2) is 0 Å². The highest BCUT2D eigenvalue weighted by Crippen LogP contribution is 2.38. The number of rotatable bonds is 2. The van der Waals surface area contributed by atoms with Gasteiger partial charge in [-0.2, -0.15) is 0 Å². The zero-order chi connectivity index (χ0) is 13.9. The third-order valence-electron chi connectivity index (χ3n) is 4.83. The smallest absolute Gasteiger partial charge is 0.237 e. The Kier molecular flexibility index (Phi) is 4.88. The van der Waals surface area contributed by atoms with Crippen LogP contribution in [0.3, 0.4) is 0 Å². The molecule has 1 amide bonds. The molecule has 110 valence electrons. The highest BCUT2D eigenvalue weighted by molar-refractivity contribution is 5.82. The van der Waals surface area contributed by atoms with Crippen LogP contribution >= 0.6 is 0 Å². The van der Waals surface area contributed by atoms with E-state index in [1.54, 1.807) is 0 Å². The van der Waals surface area contributed by atoms with Gasteiger partial charge in [0.25, 0.3) is 0 Å². The zero-order valence-electron chi connectivity index (χ0n) is 12.8. The fraction of sp³-hybridized carbons (Fsp3) is 0.938. The summed E-state index contributed by atoms with van der Waals surface area (Å²) in [6.07, 6.45) is 8.37. The molecule has 0 radical (unpaired) electrons. The predicted molar refractivity (Wildman–Crippen MR) is 79.0 cm³/mol. The largest absolute Gasteiger partial charge is 0.352 e. The minimum absolute atomic E-state index is 0.0521. The summed E-state index contributed by atoms with van der Waals surface area (Å²) in [6.45, 7) is 7.91. The lowest BCUT2D eigenvalue weighted by molar-refractivity contribution is -0.125. The number of hydrogen-bond acceptors (Lipinski definition) is 2. The van der Waals surface area contributed by atoms with Crippen LogP contribution in [-0.2, 0) is 4.79 Å². The molecule has 3 nitrogen and oxygen atoms in total. The zero-order valence-corrected chi connectivity index (χ0v) is 12.8. The van der Waals surface area contributed by atoms with E-state index in [2.05, 4.69) is 31.4 Å². The van der Waals surface area contributed by atoms with Gasteiger partial charge in [-0.05, 0) is 43.6 Å². The number of hydrogen-bond donors (Lipinski definition) is 2. The average molecular weight is 266 g/mol. The summed E-state index contributed by atoms with van der Waals surface area (Å²) in [6, 6.07) is 0.432. The number of carbonyl (C=O) groups is 1. The molecule has 2 fully saturated rings. The second-order valence-electron chi connectivity index (χ2n) is 7.37. The fourth-order valence-electron chi connectivity index (χ4n) is 3.70. The van der Waals surface area contributed by atoms with Gasteiger partial charge in [-0.1, -0.05) is 40.0 Å². The van der Waals surface area contributed by atoms with Crippen LogP contribution in [0.4, 0.5) is 0 Å². The molecule has 2 N–H and O–H groups in total. The van der Waals surface area contributed by atoms with Gasteiger partial charge in [0, 0.05) is 6.04 Å². The first-order valence-electron chi connectivity index (χ1n) is 8.02. The topological polar surface area (TPSA) is 41.1 Å². The van der Waals surface area contributed by atoms with Crippen LogP contribution in [-0.4, -0.2) is 24.5 Å². The Morgan fingerprint density at radius 2 is 1.74 bits per heavy atom. The molecule has 1 aliphatic heterocycles. The minimum Gasteiger partial charge on any atom is -0.352 e. The third kappa shape index (κ3) is 3.95. The summed E-state index contributed by atoms with van der Waals surface area (Å²) in [5.74, 6) is 0.856. The Morgan fingerprint density at radius 3 is 2.37 bits per heavy atom. The fourth-order valence-corrected chi connectivity index (χ4v) is 3.70. The molecule has 0 aromatic heterocycles. The van der Waals surface area contributed by atoms with Crippen LogP contribution < -0.4 is 10.6 Å². The lowest BCUT2D eigenvalue weighted by atomic mass is 9.69. The van der Waals surface area contributed by atoms with Gasteiger partial charge in [-0.15, -0.1) is 0 Å². The van der Waals surface area contributed by atoms with E-state index in [1.807, 2.05) is 0 Å². The molecule has 2 unspecified atom stereocenters. The van der Waals surface area contributed by atoms with E-state index in [0.717, 1.165) is 19.4 Å². The van der Waals surface area contributed by atoms with Crippen molar-refractivity contribution in [1.82, 2.24) is 10.6 Å². The molecule has 0 bridgehead atoms. The van der Waals surface area contributed by atoms with Crippen LogP contribution in [0.5, 0.6) is 0 Å². The average Bonchev–Trinajstić information content (AvgIpc) is 2.39. The number of piperidine rings is 1. The molecule has 1 saturated heterocycles. The molecule has 0 aromatic rings. The quantitative estimate of drug-likeness (QED) is 0.807. The van der Waals surface area contributed by atoms with Crippen molar-refractivity contribution in [3.63, 3.8) is 0 Å². The molecule has 1 aliphatic carbocycles. The van der Waals surface area contributed by atoms with Gasteiger partial charge in [-0.3, -0.25) is 4.79 Å². The van der Waals surface area contributed by atoms with E-state index in [9.17, 15) is 4.79 Å². The molecule has 1 saturated carbocycles. The van der Waals surface area contributed by atoms with Gasteiger partial charge in [0.1, 0.15) is 0 Å². The molecule has 2 rings (SSSR count). The summed E-state index contributed by atoms with van der Waals surface area (Å²) in [5.41, 5.74) is 0.290.